The summed E-state index contributed by atoms with van der Waals surface area (Å²) in [6.45, 7) is 14.6. The highest BCUT2D eigenvalue weighted by atomic mass is 16.4. The number of carboxylic acid groups (broad SMARTS) is 1. The predicted octanol–water partition coefficient (Wildman–Crippen LogP) is 6.69. The van der Waals surface area contributed by atoms with E-state index in [4.69, 9.17) is 4.98 Å². The van der Waals surface area contributed by atoms with Gasteiger partial charge in [-0.15, -0.1) is 0 Å². The van der Waals surface area contributed by atoms with Gasteiger partial charge in [0, 0.05) is 44.8 Å². The van der Waals surface area contributed by atoms with E-state index < -0.39 is 5.97 Å². The second kappa shape index (κ2) is 13.6. The molecule has 3 aromatic rings. The molecule has 2 N–H and O–H groups in total. The molecule has 0 saturated carbocycles. The standard InChI is InChI=1S/C36H40N4O2/c1-4-26(3)22-27(5-2)25-39-18-20-40(21-19-39)32-11-13-35(38-24-32)30-8-6-28(7-9-30)31-10-12-33(36(41)42)34(23-31)29-14-16-37-17-15-29/h4-14,22-24,37H,1,15-21,25H2,2-3H3,(H,41,42)/b26-22-,27-5+. The summed E-state index contributed by atoms with van der Waals surface area (Å²) in [6, 6.07) is 18.3. The molecule has 1 aromatic heterocycles. The quantitative estimate of drug-likeness (QED) is 0.284. The van der Waals surface area contributed by atoms with Crippen LogP contribution in [0.1, 0.15) is 36.2 Å². The number of pyridine rings is 1. The van der Waals surface area contributed by atoms with E-state index in [2.05, 4.69) is 90.2 Å². The van der Waals surface area contributed by atoms with Gasteiger partial charge in [0.1, 0.15) is 0 Å². The summed E-state index contributed by atoms with van der Waals surface area (Å²) in [5.41, 5.74) is 9.99. The van der Waals surface area contributed by atoms with Crippen molar-refractivity contribution in [3.8, 4) is 22.4 Å². The second-order valence-electron chi connectivity index (χ2n) is 10.9. The highest BCUT2D eigenvalue weighted by Gasteiger charge is 2.19. The molecule has 5 rings (SSSR count). The highest BCUT2D eigenvalue weighted by molar-refractivity contribution is 5.95. The third-order valence-electron chi connectivity index (χ3n) is 8.17. The van der Waals surface area contributed by atoms with Gasteiger partial charge in [0.2, 0.25) is 0 Å². The van der Waals surface area contributed by atoms with E-state index in [1.54, 1.807) is 6.07 Å². The molecule has 1 fully saturated rings. The Morgan fingerprint density at radius 1 is 1.02 bits per heavy atom. The summed E-state index contributed by atoms with van der Waals surface area (Å²) in [5, 5.41) is 13.0. The molecule has 0 atom stereocenters. The smallest absolute Gasteiger partial charge is 0.336 e. The molecule has 216 valence electrons. The van der Waals surface area contributed by atoms with Gasteiger partial charge >= 0.3 is 5.97 Å². The molecule has 0 aliphatic carbocycles. The molecule has 6 heteroatoms. The van der Waals surface area contributed by atoms with Crippen LogP contribution >= 0.6 is 0 Å². The van der Waals surface area contributed by atoms with Crippen LogP contribution in [0.2, 0.25) is 0 Å². The van der Waals surface area contributed by atoms with Gasteiger partial charge in [0.15, 0.2) is 0 Å². The molecule has 0 bridgehead atoms. The fourth-order valence-corrected chi connectivity index (χ4v) is 5.61. The molecule has 6 nitrogen and oxygen atoms in total. The Hall–Kier alpha value is -4.26. The first-order chi connectivity index (χ1) is 20.4. The van der Waals surface area contributed by atoms with Crippen LogP contribution in [0.25, 0.3) is 28.0 Å². The van der Waals surface area contributed by atoms with Crippen molar-refractivity contribution in [2.75, 3.05) is 50.7 Å². The van der Waals surface area contributed by atoms with Gasteiger partial charge in [-0.25, -0.2) is 4.79 Å². The fourth-order valence-electron chi connectivity index (χ4n) is 5.61. The predicted molar refractivity (Wildman–Crippen MR) is 174 cm³/mol. The maximum absolute atomic E-state index is 11.9. The Balaban J connectivity index is 1.24. The Morgan fingerprint density at radius 3 is 2.38 bits per heavy atom. The molecule has 0 spiro atoms. The average Bonchev–Trinajstić information content (AvgIpc) is 3.05. The van der Waals surface area contributed by atoms with Crippen LogP contribution in [-0.2, 0) is 0 Å². The molecule has 0 radical (unpaired) electrons. The molecule has 2 aliphatic rings. The Labute approximate surface area is 249 Å². The van der Waals surface area contributed by atoms with Crippen molar-refractivity contribution in [1.29, 1.82) is 0 Å². The number of aromatic carboxylic acids is 1. The number of anilines is 1. The van der Waals surface area contributed by atoms with Gasteiger partial charge < -0.3 is 15.3 Å². The van der Waals surface area contributed by atoms with Crippen LogP contribution in [0.5, 0.6) is 0 Å². The van der Waals surface area contributed by atoms with Gasteiger partial charge in [-0.1, -0.05) is 66.8 Å². The number of carboxylic acids is 1. The lowest BCUT2D eigenvalue weighted by Crippen LogP contribution is -2.46. The third kappa shape index (κ3) is 6.96. The first kappa shape index (κ1) is 29.2. The lowest BCUT2D eigenvalue weighted by Gasteiger charge is -2.36. The van der Waals surface area contributed by atoms with E-state index in [0.29, 0.717) is 5.56 Å². The van der Waals surface area contributed by atoms with Crippen molar-refractivity contribution in [3.05, 3.63) is 114 Å². The molecule has 0 amide bonds. The number of hydrogen-bond donors (Lipinski definition) is 2. The number of allylic oxidation sites excluding steroid dienone is 3. The first-order valence-corrected chi connectivity index (χ1v) is 14.7. The number of piperazine rings is 1. The Morgan fingerprint density at radius 2 is 1.76 bits per heavy atom. The molecule has 42 heavy (non-hydrogen) atoms. The summed E-state index contributed by atoms with van der Waals surface area (Å²) in [7, 11) is 0. The zero-order chi connectivity index (χ0) is 29.5. The minimum Gasteiger partial charge on any atom is -0.478 e. The van der Waals surface area contributed by atoms with Crippen molar-refractivity contribution in [3.63, 3.8) is 0 Å². The number of nitrogens with zero attached hydrogens (tertiary/aromatic N) is 3. The minimum atomic E-state index is -0.891. The van der Waals surface area contributed by atoms with Gasteiger partial charge in [-0.2, -0.15) is 0 Å². The number of hydrogen-bond acceptors (Lipinski definition) is 5. The third-order valence-corrected chi connectivity index (χ3v) is 8.17. The molecule has 2 aliphatic heterocycles. The van der Waals surface area contributed by atoms with Crippen molar-refractivity contribution >= 4 is 17.2 Å². The van der Waals surface area contributed by atoms with Crippen LogP contribution in [0.3, 0.4) is 0 Å². The molecule has 0 unspecified atom stereocenters. The van der Waals surface area contributed by atoms with Crippen LogP contribution in [-0.4, -0.2) is 66.8 Å². The Kier molecular flexibility index (Phi) is 9.47. The molecule has 1 saturated heterocycles. The van der Waals surface area contributed by atoms with Gasteiger partial charge in [0.05, 0.1) is 23.1 Å². The molecule has 3 heterocycles. The van der Waals surface area contributed by atoms with E-state index in [1.165, 1.54) is 11.1 Å². The van der Waals surface area contributed by atoms with Crippen LogP contribution in [0, 0.1) is 0 Å². The number of carbonyl (C=O) groups is 1. The zero-order valence-electron chi connectivity index (χ0n) is 24.6. The van der Waals surface area contributed by atoms with Gasteiger partial charge in [0.25, 0.3) is 0 Å². The van der Waals surface area contributed by atoms with Crippen molar-refractivity contribution in [2.24, 2.45) is 0 Å². The van der Waals surface area contributed by atoms with Crippen LogP contribution in [0.4, 0.5) is 5.69 Å². The van der Waals surface area contributed by atoms with Crippen molar-refractivity contribution in [1.82, 2.24) is 15.2 Å². The number of rotatable bonds is 9. The van der Waals surface area contributed by atoms with E-state index >= 15 is 0 Å². The highest BCUT2D eigenvalue weighted by Crippen LogP contribution is 2.31. The molecule has 2 aromatic carbocycles. The second-order valence-corrected chi connectivity index (χ2v) is 10.9. The number of aromatic nitrogens is 1. The average molecular weight is 561 g/mol. The summed E-state index contributed by atoms with van der Waals surface area (Å²) >= 11 is 0. The Bertz CT molecular complexity index is 1510. The van der Waals surface area contributed by atoms with Crippen LogP contribution in [0.15, 0.2) is 103 Å². The molecular formula is C36H40N4O2. The first-order valence-electron chi connectivity index (χ1n) is 14.7. The summed E-state index contributed by atoms with van der Waals surface area (Å²) in [5.74, 6) is -0.891. The minimum absolute atomic E-state index is 0.354. The zero-order valence-corrected chi connectivity index (χ0v) is 24.6. The number of nitrogens with one attached hydrogen (secondary N) is 1. The number of benzene rings is 2. The van der Waals surface area contributed by atoms with Crippen molar-refractivity contribution in [2.45, 2.75) is 20.3 Å². The SMILES string of the molecule is C=C/C(C)=C\C(=C/C)CN1CCN(c2ccc(-c3ccc(-c4ccc(C(=O)O)c(C5=CCNCC5)c4)cc3)nc2)CC1. The van der Waals surface area contributed by atoms with Crippen molar-refractivity contribution < 1.29 is 9.90 Å². The normalized spacial score (nSPS) is 16.7. The maximum Gasteiger partial charge on any atom is 0.336 e. The monoisotopic (exact) mass is 560 g/mol. The van der Waals surface area contributed by atoms with Gasteiger partial charge in [-0.05, 0) is 78.9 Å². The van der Waals surface area contributed by atoms with Gasteiger partial charge in [-0.3, -0.25) is 9.88 Å². The summed E-state index contributed by atoms with van der Waals surface area (Å²) in [4.78, 5) is 21.6. The molecular weight excluding hydrogens is 520 g/mol. The largest absolute Gasteiger partial charge is 0.478 e. The topological polar surface area (TPSA) is 68.7 Å². The maximum atomic E-state index is 11.9. The van der Waals surface area contributed by atoms with E-state index in [0.717, 1.165) is 91.4 Å². The van der Waals surface area contributed by atoms with Crippen LogP contribution < -0.4 is 10.2 Å². The van der Waals surface area contributed by atoms with E-state index in [-0.39, 0.29) is 0 Å². The summed E-state index contributed by atoms with van der Waals surface area (Å²) < 4.78 is 0. The fraction of sp³-hybridized carbons (Fsp3) is 0.278. The van der Waals surface area contributed by atoms with E-state index in [9.17, 15) is 9.90 Å². The lowest BCUT2D eigenvalue weighted by molar-refractivity contribution is 0.0696. The summed E-state index contributed by atoms with van der Waals surface area (Å²) in [6.07, 6.45) is 11.2. The lowest BCUT2D eigenvalue weighted by atomic mass is 9.91. The van der Waals surface area contributed by atoms with E-state index in [1.807, 2.05) is 24.4 Å².